The number of nitrogens with zero attached hydrogens (tertiary/aromatic N) is 2. The molecular weight excluding hydrogens is 696 g/mol. The molecule has 4 aromatic carbocycles. The van der Waals surface area contributed by atoms with Gasteiger partial charge in [0.25, 0.3) is 11.8 Å². The number of aliphatic carboxylic acids is 1. The fraction of sp³-hybridized carbons (Fsp3) is 0.200. The van der Waals surface area contributed by atoms with Gasteiger partial charge >= 0.3 is 11.9 Å². The summed E-state index contributed by atoms with van der Waals surface area (Å²) in [7, 11) is 0. The van der Waals surface area contributed by atoms with Gasteiger partial charge in [0.1, 0.15) is 11.6 Å². The van der Waals surface area contributed by atoms with Crippen LogP contribution in [0.3, 0.4) is 0 Å². The van der Waals surface area contributed by atoms with Crippen molar-refractivity contribution in [1.82, 2.24) is 9.13 Å². The molecule has 6 aromatic rings. The Balaban J connectivity index is 1.49. The average molecular weight is 729 g/mol. The summed E-state index contributed by atoms with van der Waals surface area (Å²) in [6.07, 6.45) is -0.218. The first-order chi connectivity index (χ1) is 25.1. The molecule has 0 bridgehead atoms. The predicted molar refractivity (Wildman–Crippen MR) is 186 cm³/mol. The van der Waals surface area contributed by atoms with Gasteiger partial charge in [0.05, 0.1) is 23.4 Å². The van der Waals surface area contributed by atoms with Crippen LogP contribution in [-0.4, -0.2) is 43.1 Å². The van der Waals surface area contributed by atoms with Gasteiger partial charge in [0.2, 0.25) is 0 Å². The van der Waals surface area contributed by atoms with Crippen molar-refractivity contribution in [2.45, 2.75) is 46.5 Å². The highest BCUT2D eigenvalue weighted by molar-refractivity contribution is 6.07. The number of halogens is 4. The Hall–Kier alpha value is -6.24. The Morgan fingerprint density at radius 2 is 1.30 bits per heavy atom. The van der Waals surface area contributed by atoms with Gasteiger partial charge in [-0.05, 0) is 79.4 Å². The van der Waals surface area contributed by atoms with Crippen LogP contribution in [0.1, 0.15) is 69.4 Å². The summed E-state index contributed by atoms with van der Waals surface area (Å²) < 4.78 is 66.8. The molecule has 2 N–H and O–H groups in total. The molecule has 2 unspecified atom stereocenters. The maximum Gasteiger partial charge on any atom is 0.319 e. The average Bonchev–Trinajstić information content (AvgIpc) is 3.52. The van der Waals surface area contributed by atoms with Crippen LogP contribution in [-0.2, 0) is 16.0 Å². The molecule has 0 saturated carbocycles. The van der Waals surface area contributed by atoms with Crippen molar-refractivity contribution in [3.8, 4) is 11.5 Å². The van der Waals surface area contributed by atoms with E-state index in [1.165, 1.54) is 38.1 Å². The van der Waals surface area contributed by atoms with Gasteiger partial charge in [-0.1, -0.05) is 32.4 Å². The van der Waals surface area contributed by atoms with E-state index in [0.717, 1.165) is 57.7 Å². The summed E-state index contributed by atoms with van der Waals surface area (Å²) in [5.74, 6) is -10.4. The smallest absolute Gasteiger partial charge is 0.319 e. The van der Waals surface area contributed by atoms with Gasteiger partial charge in [0.15, 0.2) is 23.1 Å². The van der Waals surface area contributed by atoms with Crippen LogP contribution in [0.25, 0.3) is 21.8 Å². The van der Waals surface area contributed by atoms with E-state index < -0.39 is 76.8 Å². The third kappa shape index (κ3) is 6.54. The largest absolute Gasteiger partial charge is 0.505 e. The van der Waals surface area contributed by atoms with Gasteiger partial charge in [-0.25, -0.2) is 17.6 Å². The number of benzene rings is 4. The fourth-order valence-corrected chi connectivity index (χ4v) is 6.84. The lowest BCUT2D eigenvalue weighted by Crippen LogP contribution is -2.26. The second-order valence-electron chi connectivity index (χ2n) is 12.8. The maximum atomic E-state index is 16.0. The molecule has 0 amide bonds. The molecule has 0 aliphatic carbocycles. The monoisotopic (exact) mass is 728 g/mol. The van der Waals surface area contributed by atoms with Crippen LogP contribution in [0.5, 0.6) is 11.5 Å². The molecule has 272 valence electrons. The Bertz CT molecular complexity index is 2500. The van der Waals surface area contributed by atoms with Crippen LogP contribution in [0, 0.1) is 43.0 Å². The van der Waals surface area contributed by atoms with Crippen LogP contribution in [0.15, 0.2) is 72.8 Å². The van der Waals surface area contributed by atoms with Gasteiger partial charge < -0.3 is 14.9 Å². The summed E-state index contributed by atoms with van der Waals surface area (Å²) in [6, 6.07) is 13.7. The molecular formula is C40H32F4N2O7. The number of carboxylic acid groups (broad SMARTS) is 1. The van der Waals surface area contributed by atoms with Crippen LogP contribution < -0.4 is 4.74 Å². The molecule has 0 aliphatic heterocycles. The number of carbonyl (C=O) groups is 4. The molecule has 0 saturated heterocycles. The zero-order valence-electron chi connectivity index (χ0n) is 28.8. The molecule has 2 aromatic heterocycles. The number of hydrogen-bond acceptors (Lipinski definition) is 6. The third-order valence-corrected chi connectivity index (χ3v) is 9.58. The predicted octanol–water partition coefficient (Wildman–Crippen LogP) is 8.21. The van der Waals surface area contributed by atoms with E-state index in [1.54, 1.807) is 13.8 Å². The van der Waals surface area contributed by atoms with Crippen LogP contribution in [0.4, 0.5) is 17.6 Å². The van der Waals surface area contributed by atoms with E-state index in [4.69, 9.17) is 4.74 Å². The van der Waals surface area contributed by atoms with Crippen molar-refractivity contribution < 1.29 is 51.7 Å². The highest BCUT2D eigenvalue weighted by Crippen LogP contribution is 2.41. The van der Waals surface area contributed by atoms with E-state index >= 15 is 4.39 Å². The number of rotatable bonds is 9. The number of aromatic hydroxyl groups is 1. The standard InChI is InChI=1S/C40H32F4N2O7/c1-5-19(2)36(37-21(4)46(32-17-29(43)33(47)14-28(32)37)39(51)23-9-7-11-25(42)13-23)40(52)53-34-15-27-26(16-35(48)49)20(3)45(31(27)18-30(34)44)38(50)22-8-6-10-24(41)12-22/h6-15,17-19,36,47H,5,16H2,1-4H3,(H,48,49). The minimum Gasteiger partial charge on any atom is -0.505 e. The topological polar surface area (TPSA) is 128 Å². The quantitative estimate of drug-likeness (QED) is 0.0873. The highest BCUT2D eigenvalue weighted by Gasteiger charge is 2.36. The van der Waals surface area contributed by atoms with Crippen LogP contribution in [0.2, 0.25) is 0 Å². The van der Waals surface area contributed by atoms with Crippen molar-refractivity contribution in [1.29, 1.82) is 0 Å². The number of phenolic OH excluding ortho intramolecular Hbond substituents is 1. The molecule has 0 fully saturated rings. The minimum atomic E-state index is -1.26. The van der Waals surface area contributed by atoms with E-state index in [1.807, 2.05) is 0 Å². The number of ether oxygens (including phenoxy) is 1. The van der Waals surface area contributed by atoms with Gasteiger partial charge in [0, 0.05) is 45.4 Å². The molecule has 13 heteroatoms. The van der Waals surface area contributed by atoms with Gasteiger partial charge in [-0.15, -0.1) is 0 Å². The van der Waals surface area contributed by atoms with Crippen molar-refractivity contribution in [2.24, 2.45) is 5.92 Å². The van der Waals surface area contributed by atoms with E-state index in [0.29, 0.717) is 6.42 Å². The van der Waals surface area contributed by atoms with E-state index in [9.17, 15) is 42.6 Å². The lowest BCUT2D eigenvalue weighted by atomic mass is 9.84. The first-order valence-electron chi connectivity index (χ1n) is 16.5. The summed E-state index contributed by atoms with van der Waals surface area (Å²) in [5, 5.41) is 20.3. The van der Waals surface area contributed by atoms with Crippen molar-refractivity contribution in [3.63, 3.8) is 0 Å². The van der Waals surface area contributed by atoms with Gasteiger partial charge in [-0.2, -0.15) is 0 Å². The fourth-order valence-electron chi connectivity index (χ4n) is 6.84. The van der Waals surface area contributed by atoms with Gasteiger partial charge in [-0.3, -0.25) is 28.3 Å². The highest BCUT2D eigenvalue weighted by atomic mass is 19.1. The summed E-state index contributed by atoms with van der Waals surface area (Å²) >= 11 is 0. The molecule has 0 aliphatic rings. The Morgan fingerprint density at radius 3 is 1.85 bits per heavy atom. The van der Waals surface area contributed by atoms with Crippen molar-refractivity contribution in [2.75, 3.05) is 0 Å². The maximum absolute atomic E-state index is 16.0. The molecule has 0 radical (unpaired) electrons. The third-order valence-electron chi connectivity index (χ3n) is 9.58. The number of aromatic nitrogens is 2. The Morgan fingerprint density at radius 1 is 0.755 bits per heavy atom. The zero-order valence-corrected chi connectivity index (χ0v) is 28.8. The lowest BCUT2D eigenvalue weighted by Gasteiger charge is -2.23. The number of esters is 1. The molecule has 9 nitrogen and oxygen atoms in total. The second kappa shape index (κ2) is 14.1. The lowest BCUT2D eigenvalue weighted by molar-refractivity contribution is -0.138. The first-order valence-corrected chi connectivity index (χ1v) is 16.5. The number of hydrogen-bond donors (Lipinski definition) is 2. The van der Waals surface area contributed by atoms with E-state index in [2.05, 4.69) is 0 Å². The second-order valence-corrected chi connectivity index (χ2v) is 12.8. The molecule has 2 atom stereocenters. The number of carbonyl (C=O) groups excluding carboxylic acids is 3. The zero-order chi connectivity index (χ0) is 38.5. The molecule has 6 rings (SSSR count). The summed E-state index contributed by atoms with van der Waals surface area (Å²) in [6.45, 7) is 6.44. The number of phenols is 1. The Kier molecular flexibility index (Phi) is 9.69. The molecule has 2 heterocycles. The number of carboxylic acids is 1. The summed E-state index contributed by atoms with van der Waals surface area (Å²) in [5.41, 5.74) is 0.398. The van der Waals surface area contributed by atoms with Crippen molar-refractivity contribution in [3.05, 3.63) is 130 Å². The summed E-state index contributed by atoms with van der Waals surface area (Å²) in [4.78, 5) is 53.5. The SMILES string of the molecule is CCC(C)C(C(=O)Oc1cc2c(CC(=O)O)c(C)n(C(=O)c3cccc(F)c3)c2cc1F)c1c(C)n(C(=O)c2cccc(F)c2)c2cc(F)c(O)cc12. The normalized spacial score (nSPS) is 12.6. The molecule has 53 heavy (non-hydrogen) atoms. The molecule has 0 spiro atoms. The van der Waals surface area contributed by atoms with E-state index in [-0.39, 0.29) is 55.4 Å². The van der Waals surface area contributed by atoms with Crippen molar-refractivity contribution >= 4 is 45.6 Å². The number of fused-ring (bicyclic) bond motifs is 2. The Labute approximate surface area is 299 Å². The minimum absolute atomic E-state index is 0.0196. The van der Waals surface area contributed by atoms with Crippen LogP contribution >= 0.6 is 0 Å². The first kappa shape index (κ1) is 36.5.